The maximum Gasteiger partial charge on any atom is 0.263 e. The Hall–Kier alpha value is -1.62. The summed E-state index contributed by atoms with van der Waals surface area (Å²) in [5.74, 6) is 1.51. The molecule has 0 radical (unpaired) electrons. The third-order valence-corrected chi connectivity index (χ3v) is 4.56. The Morgan fingerprint density at radius 1 is 1.53 bits per heavy atom. The van der Waals surface area contributed by atoms with E-state index in [9.17, 15) is 4.79 Å². The van der Waals surface area contributed by atoms with E-state index in [4.69, 9.17) is 0 Å². The second-order valence-corrected chi connectivity index (χ2v) is 6.09. The van der Waals surface area contributed by atoms with E-state index in [0.29, 0.717) is 5.92 Å². The van der Waals surface area contributed by atoms with Crippen molar-refractivity contribution in [3.8, 4) is 0 Å². The van der Waals surface area contributed by atoms with Crippen LogP contribution in [0.25, 0.3) is 0 Å². The monoisotopic (exact) mass is 275 g/mol. The molecule has 1 aliphatic rings. The van der Waals surface area contributed by atoms with Crippen molar-refractivity contribution in [1.82, 2.24) is 14.9 Å². The first kappa shape index (κ1) is 12.4. The van der Waals surface area contributed by atoms with Gasteiger partial charge in [0.2, 0.25) is 0 Å². The van der Waals surface area contributed by atoms with E-state index in [1.807, 2.05) is 36.4 Å². The van der Waals surface area contributed by atoms with Gasteiger partial charge in [-0.05, 0) is 37.3 Å². The van der Waals surface area contributed by atoms with E-state index >= 15 is 0 Å². The number of likely N-dealkylation sites (tertiary alicyclic amines) is 1. The van der Waals surface area contributed by atoms with E-state index in [1.54, 1.807) is 0 Å². The minimum Gasteiger partial charge on any atom is -0.346 e. The molecule has 1 amide bonds. The Bertz CT molecular complexity index is 601. The SMILES string of the molecule is Cc1csc(C(=O)N2CC[C@H](c3ncc(C)[nH]3)C2)c1. The number of aromatic amines is 1. The highest BCUT2D eigenvalue weighted by molar-refractivity contribution is 7.12. The summed E-state index contributed by atoms with van der Waals surface area (Å²) in [6.45, 7) is 5.61. The first-order valence-corrected chi connectivity index (χ1v) is 7.37. The minimum atomic E-state index is 0.156. The number of imidazole rings is 1. The number of carbonyl (C=O) groups is 1. The topological polar surface area (TPSA) is 49.0 Å². The van der Waals surface area contributed by atoms with Crippen LogP contribution < -0.4 is 0 Å². The molecular weight excluding hydrogens is 258 g/mol. The fourth-order valence-corrected chi connectivity index (χ4v) is 3.37. The van der Waals surface area contributed by atoms with Crippen molar-refractivity contribution in [1.29, 1.82) is 0 Å². The average molecular weight is 275 g/mol. The summed E-state index contributed by atoms with van der Waals surface area (Å²) in [7, 11) is 0. The second-order valence-electron chi connectivity index (χ2n) is 5.18. The van der Waals surface area contributed by atoms with Crippen molar-refractivity contribution in [2.24, 2.45) is 0 Å². The Balaban J connectivity index is 1.70. The number of thiophene rings is 1. The van der Waals surface area contributed by atoms with Gasteiger partial charge >= 0.3 is 0 Å². The highest BCUT2D eigenvalue weighted by Gasteiger charge is 2.29. The summed E-state index contributed by atoms with van der Waals surface area (Å²) in [4.78, 5) is 22.8. The van der Waals surface area contributed by atoms with Crippen LogP contribution in [0.4, 0.5) is 0 Å². The number of aromatic nitrogens is 2. The van der Waals surface area contributed by atoms with E-state index in [0.717, 1.165) is 41.5 Å². The molecule has 5 heteroatoms. The van der Waals surface area contributed by atoms with Gasteiger partial charge < -0.3 is 9.88 Å². The number of carbonyl (C=O) groups excluding carboxylic acids is 1. The summed E-state index contributed by atoms with van der Waals surface area (Å²) in [5, 5.41) is 2.02. The largest absolute Gasteiger partial charge is 0.346 e. The zero-order valence-corrected chi connectivity index (χ0v) is 12.0. The number of nitrogens with zero attached hydrogens (tertiary/aromatic N) is 2. The molecule has 100 valence electrons. The van der Waals surface area contributed by atoms with Crippen LogP contribution in [-0.2, 0) is 0 Å². The smallest absolute Gasteiger partial charge is 0.263 e. The number of rotatable bonds is 2. The summed E-state index contributed by atoms with van der Waals surface area (Å²) in [6.07, 6.45) is 2.84. The Morgan fingerprint density at radius 2 is 2.37 bits per heavy atom. The molecule has 0 aliphatic carbocycles. The first-order valence-electron chi connectivity index (χ1n) is 6.49. The molecule has 1 saturated heterocycles. The van der Waals surface area contributed by atoms with Gasteiger partial charge in [-0.2, -0.15) is 0 Å². The lowest BCUT2D eigenvalue weighted by Gasteiger charge is -2.14. The molecule has 0 aromatic carbocycles. The van der Waals surface area contributed by atoms with Crippen LogP contribution >= 0.6 is 11.3 Å². The number of hydrogen-bond acceptors (Lipinski definition) is 3. The van der Waals surface area contributed by atoms with Crippen molar-refractivity contribution in [2.45, 2.75) is 26.2 Å². The molecule has 0 saturated carbocycles. The van der Waals surface area contributed by atoms with Crippen LogP contribution in [0.15, 0.2) is 17.6 Å². The molecule has 1 aliphatic heterocycles. The minimum absolute atomic E-state index is 0.156. The van der Waals surface area contributed by atoms with Gasteiger partial charge in [0.25, 0.3) is 5.91 Å². The zero-order chi connectivity index (χ0) is 13.4. The zero-order valence-electron chi connectivity index (χ0n) is 11.1. The molecule has 1 N–H and O–H groups in total. The van der Waals surface area contributed by atoms with Gasteiger partial charge in [-0.1, -0.05) is 0 Å². The molecular formula is C14H17N3OS. The van der Waals surface area contributed by atoms with Gasteiger partial charge in [0, 0.05) is 30.9 Å². The van der Waals surface area contributed by atoms with Crippen molar-refractivity contribution < 1.29 is 4.79 Å². The van der Waals surface area contributed by atoms with Crippen LogP contribution in [0.3, 0.4) is 0 Å². The number of nitrogens with one attached hydrogen (secondary N) is 1. The van der Waals surface area contributed by atoms with Gasteiger partial charge in [0.15, 0.2) is 0 Å². The van der Waals surface area contributed by atoms with Crippen molar-refractivity contribution in [2.75, 3.05) is 13.1 Å². The Kier molecular flexibility index (Phi) is 3.14. The van der Waals surface area contributed by atoms with Crippen LogP contribution in [-0.4, -0.2) is 33.9 Å². The molecule has 2 aromatic rings. The third-order valence-electron chi connectivity index (χ3n) is 3.53. The number of H-pyrrole nitrogens is 1. The first-order chi connectivity index (χ1) is 9.13. The standard InChI is InChI=1S/C14H17N3OS/c1-9-5-12(19-8-9)14(18)17-4-3-11(7-17)13-15-6-10(2)16-13/h5-6,8,11H,3-4,7H2,1-2H3,(H,15,16)/t11-/m0/s1. The molecule has 3 heterocycles. The van der Waals surface area contributed by atoms with Gasteiger partial charge in [-0.15, -0.1) is 11.3 Å². The summed E-state index contributed by atoms with van der Waals surface area (Å²) >= 11 is 1.53. The molecule has 2 aromatic heterocycles. The summed E-state index contributed by atoms with van der Waals surface area (Å²) in [6, 6.07) is 1.97. The molecule has 0 spiro atoms. The normalized spacial score (nSPS) is 19.1. The van der Waals surface area contributed by atoms with E-state index < -0.39 is 0 Å². The molecule has 0 unspecified atom stereocenters. The highest BCUT2D eigenvalue weighted by atomic mass is 32.1. The van der Waals surface area contributed by atoms with Crippen LogP contribution in [0, 0.1) is 13.8 Å². The fraction of sp³-hybridized carbons (Fsp3) is 0.429. The lowest BCUT2D eigenvalue weighted by molar-refractivity contribution is 0.0795. The average Bonchev–Trinajstić information content (AvgIpc) is 3.07. The predicted molar refractivity (Wildman–Crippen MR) is 75.6 cm³/mol. The third kappa shape index (κ3) is 2.42. The molecule has 3 rings (SSSR count). The van der Waals surface area contributed by atoms with Gasteiger partial charge in [0.1, 0.15) is 5.82 Å². The summed E-state index contributed by atoms with van der Waals surface area (Å²) < 4.78 is 0. The number of hydrogen-bond donors (Lipinski definition) is 1. The second kappa shape index (κ2) is 4.81. The maximum absolute atomic E-state index is 12.3. The lowest BCUT2D eigenvalue weighted by Crippen LogP contribution is -2.27. The van der Waals surface area contributed by atoms with E-state index in [-0.39, 0.29) is 5.91 Å². The number of aryl methyl sites for hydroxylation is 2. The van der Waals surface area contributed by atoms with Crippen LogP contribution in [0.1, 0.15) is 39.1 Å². The maximum atomic E-state index is 12.3. The Morgan fingerprint density at radius 3 is 3.00 bits per heavy atom. The van der Waals surface area contributed by atoms with Gasteiger partial charge in [-0.3, -0.25) is 4.79 Å². The van der Waals surface area contributed by atoms with Gasteiger partial charge in [-0.25, -0.2) is 4.98 Å². The van der Waals surface area contributed by atoms with Crippen LogP contribution in [0.2, 0.25) is 0 Å². The van der Waals surface area contributed by atoms with E-state index in [2.05, 4.69) is 9.97 Å². The van der Waals surface area contributed by atoms with Crippen molar-refractivity contribution >= 4 is 17.2 Å². The lowest BCUT2D eigenvalue weighted by atomic mass is 10.1. The quantitative estimate of drug-likeness (QED) is 0.916. The summed E-state index contributed by atoms with van der Waals surface area (Å²) in [5.41, 5.74) is 2.24. The Labute approximate surface area is 116 Å². The molecule has 4 nitrogen and oxygen atoms in total. The molecule has 19 heavy (non-hydrogen) atoms. The van der Waals surface area contributed by atoms with Crippen molar-refractivity contribution in [3.63, 3.8) is 0 Å². The van der Waals surface area contributed by atoms with E-state index in [1.165, 1.54) is 11.3 Å². The molecule has 1 fully saturated rings. The highest BCUT2D eigenvalue weighted by Crippen LogP contribution is 2.27. The number of amides is 1. The van der Waals surface area contributed by atoms with Crippen molar-refractivity contribution in [3.05, 3.63) is 39.6 Å². The van der Waals surface area contributed by atoms with Gasteiger partial charge in [0.05, 0.1) is 4.88 Å². The molecule has 1 atom stereocenters. The fourth-order valence-electron chi connectivity index (χ4n) is 2.51. The molecule has 0 bridgehead atoms. The van der Waals surface area contributed by atoms with Crippen LogP contribution in [0.5, 0.6) is 0 Å². The predicted octanol–water partition coefficient (Wildman–Crippen LogP) is 2.72.